The smallest absolute Gasteiger partial charge is 0.320 e. The Morgan fingerprint density at radius 1 is 1.00 bits per heavy atom. The first-order valence-corrected chi connectivity index (χ1v) is 12.0. The van der Waals surface area contributed by atoms with E-state index < -0.39 is 0 Å². The molecule has 5 rings (SSSR count). The van der Waals surface area contributed by atoms with Crippen molar-refractivity contribution in [3.8, 4) is 6.01 Å². The van der Waals surface area contributed by atoms with Crippen LogP contribution in [0.5, 0.6) is 6.01 Å². The van der Waals surface area contributed by atoms with Gasteiger partial charge in [-0.15, -0.1) is 0 Å². The van der Waals surface area contributed by atoms with Crippen molar-refractivity contribution in [3.63, 3.8) is 0 Å². The van der Waals surface area contributed by atoms with Gasteiger partial charge in [-0.25, -0.2) is 0 Å². The van der Waals surface area contributed by atoms with Gasteiger partial charge in [-0.2, -0.15) is 15.1 Å². The van der Waals surface area contributed by atoms with E-state index in [4.69, 9.17) is 19.4 Å². The van der Waals surface area contributed by atoms with Gasteiger partial charge in [0, 0.05) is 52.9 Å². The molecular formula is C25H31N7O3. The van der Waals surface area contributed by atoms with Crippen LogP contribution in [0.1, 0.15) is 11.1 Å². The van der Waals surface area contributed by atoms with Crippen LogP contribution >= 0.6 is 0 Å². The highest BCUT2D eigenvalue weighted by Gasteiger charge is 2.33. The zero-order chi connectivity index (χ0) is 24.2. The van der Waals surface area contributed by atoms with Gasteiger partial charge in [0.15, 0.2) is 11.6 Å². The lowest BCUT2D eigenvalue weighted by Crippen LogP contribution is -2.46. The van der Waals surface area contributed by atoms with Crippen LogP contribution in [0.25, 0.3) is 0 Å². The molecule has 0 radical (unpaired) electrons. The van der Waals surface area contributed by atoms with Crippen molar-refractivity contribution in [1.82, 2.24) is 19.7 Å². The molecule has 1 fully saturated rings. The molecule has 35 heavy (non-hydrogen) atoms. The molecule has 0 atom stereocenters. The normalized spacial score (nSPS) is 15.8. The fourth-order valence-corrected chi connectivity index (χ4v) is 4.44. The fourth-order valence-electron chi connectivity index (χ4n) is 4.44. The molecule has 4 heterocycles. The Bertz CT molecular complexity index is 1160. The second-order valence-corrected chi connectivity index (χ2v) is 8.85. The summed E-state index contributed by atoms with van der Waals surface area (Å²) in [4.78, 5) is 29.1. The number of carbonyl (C=O) groups is 1. The van der Waals surface area contributed by atoms with Crippen molar-refractivity contribution < 1.29 is 14.3 Å². The van der Waals surface area contributed by atoms with Crippen LogP contribution in [-0.2, 0) is 29.4 Å². The van der Waals surface area contributed by atoms with Crippen LogP contribution in [0.15, 0.2) is 42.7 Å². The summed E-state index contributed by atoms with van der Waals surface area (Å²) in [5, 5.41) is 4.21. The summed E-state index contributed by atoms with van der Waals surface area (Å²) in [7, 11) is 3.91. The maximum atomic E-state index is 13.4. The van der Waals surface area contributed by atoms with Gasteiger partial charge < -0.3 is 19.3 Å². The lowest BCUT2D eigenvalue weighted by molar-refractivity contribution is -0.118. The molecule has 0 aliphatic carbocycles. The number of anilines is 3. The molecule has 184 valence electrons. The standard InChI is InChI=1S/C25H31N7O3/c1-29-9-10-32(21(33)16-19-6-4-3-5-7-19)24-22(29)23(31-11-14-34-15-12-31)27-25(28-24)35-13-8-20-17-26-30(2)18-20/h3-7,17-18H,8-16H2,1-2H3. The predicted molar refractivity (Wildman–Crippen MR) is 133 cm³/mol. The lowest BCUT2D eigenvalue weighted by atomic mass is 10.1. The molecule has 3 aromatic rings. The molecule has 2 aliphatic heterocycles. The van der Waals surface area contributed by atoms with E-state index in [1.165, 1.54) is 0 Å². The van der Waals surface area contributed by atoms with Gasteiger partial charge in [0.05, 0.1) is 32.4 Å². The van der Waals surface area contributed by atoms with Crippen LogP contribution < -0.4 is 19.4 Å². The van der Waals surface area contributed by atoms with Crippen molar-refractivity contribution in [2.24, 2.45) is 7.05 Å². The molecular weight excluding hydrogens is 446 g/mol. The summed E-state index contributed by atoms with van der Waals surface area (Å²) in [6.45, 7) is 4.40. The van der Waals surface area contributed by atoms with Crippen molar-refractivity contribution >= 4 is 23.2 Å². The zero-order valence-corrected chi connectivity index (χ0v) is 20.3. The van der Waals surface area contributed by atoms with Crippen LogP contribution in [0.2, 0.25) is 0 Å². The molecule has 0 N–H and O–H groups in total. The number of likely N-dealkylation sites (N-methyl/N-ethyl adjacent to an activating group) is 1. The van der Waals surface area contributed by atoms with E-state index in [2.05, 4.69) is 14.9 Å². The van der Waals surface area contributed by atoms with Gasteiger partial charge in [0.25, 0.3) is 0 Å². The van der Waals surface area contributed by atoms with Gasteiger partial charge >= 0.3 is 6.01 Å². The summed E-state index contributed by atoms with van der Waals surface area (Å²) in [5.74, 6) is 1.40. The molecule has 2 aliphatic rings. The number of rotatable bonds is 7. The highest BCUT2D eigenvalue weighted by molar-refractivity contribution is 5.99. The molecule has 0 bridgehead atoms. The molecule has 1 saturated heterocycles. The quantitative estimate of drug-likeness (QED) is 0.508. The van der Waals surface area contributed by atoms with Crippen LogP contribution in [0.3, 0.4) is 0 Å². The Morgan fingerprint density at radius 2 is 1.77 bits per heavy atom. The third-order valence-electron chi connectivity index (χ3n) is 6.31. The van der Waals surface area contributed by atoms with Gasteiger partial charge in [0.2, 0.25) is 5.91 Å². The van der Waals surface area contributed by atoms with Gasteiger partial charge in [-0.1, -0.05) is 30.3 Å². The number of aryl methyl sites for hydroxylation is 1. The minimum atomic E-state index is 0.0125. The van der Waals surface area contributed by atoms with E-state index in [0.717, 1.165) is 35.7 Å². The summed E-state index contributed by atoms with van der Waals surface area (Å²) >= 11 is 0. The fraction of sp³-hybridized carbons (Fsp3) is 0.440. The highest BCUT2D eigenvalue weighted by Crippen LogP contribution is 2.40. The average Bonchev–Trinajstić information content (AvgIpc) is 3.29. The number of benzene rings is 1. The molecule has 10 nitrogen and oxygen atoms in total. The number of ether oxygens (including phenoxy) is 2. The first-order valence-electron chi connectivity index (χ1n) is 12.0. The average molecular weight is 478 g/mol. The number of carbonyl (C=O) groups excluding carboxylic acids is 1. The Labute approximate surface area is 205 Å². The summed E-state index contributed by atoms with van der Waals surface area (Å²) < 4.78 is 13.4. The van der Waals surface area contributed by atoms with E-state index in [1.54, 1.807) is 9.58 Å². The third-order valence-corrected chi connectivity index (χ3v) is 6.31. The summed E-state index contributed by atoms with van der Waals surface area (Å²) in [6, 6.07) is 10.1. The van der Waals surface area contributed by atoms with E-state index in [0.29, 0.717) is 51.6 Å². The topological polar surface area (TPSA) is 88.8 Å². The molecule has 0 unspecified atom stereocenters. The predicted octanol–water partition coefficient (Wildman–Crippen LogP) is 1.69. The lowest BCUT2D eigenvalue weighted by Gasteiger charge is -2.38. The first kappa shape index (κ1) is 23.1. The number of hydrogen-bond acceptors (Lipinski definition) is 8. The van der Waals surface area contributed by atoms with Crippen LogP contribution in [0.4, 0.5) is 17.3 Å². The van der Waals surface area contributed by atoms with Gasteiger partial charge in [-0.05, 0) is 11.1 Å². The maximum absolute atomic E-state index is 13.4. The SMILES string of the molecule is CN1CCN(C(=O)Cc2ccccc2)c2nc(OCCc3cnn(C)c3)nc(N3CCOCC3)c21. The second kappa shape index (κ2) is 10.3. The number of morpholine rings is 1. The van der Waals surface area contributed by atoms with E-state index in [9.17, 15) is 4.79 Å². The van der Waals surface area contributed by atoms with E-state index >= 15 is 0 Å². The van der Waals surface area contributed by atoms with Crippen LogP contribution in [-0.4, -0.2) is 78.7 Å². The minimum absolute atomic E-state index is 0.0125. The molecule has 0 saturated carbocycles. The van der Waals surface area contributed by atoms with E-state index in [1.807, 2.05) is 56.8 Å². The molecule has 0 spiro atoms. The molecule has 10 heteroatoms. The second-order valence-electron chi connectivity index (χ2n) is 8.85. The van der Waals surface area contributed by atoms with Gasteiger partial charge in [-0.3, -0.25) is 14.4 Å². The van der Waals surface area contributed by atoms with Crippen LogP contribution in [0, 0.1) is 0 Å². The monoisotopic (exact) mass is 477 g/mol. The number of nitrogens with zero attached hydrogens (tertiary/aromatic N) is 7. The number of aromatic nitrogens is 4. The molecule has 2 aromatic heterocycles. The molecule has 1 amide bonds. The minimum Gasteiger partial charge on any atom is -0.463 e. The maximum Gasteiger partial charge on any atom is 0.320 e. The third kappa shape index (κ3) is 5.22. The largest absolute Gasteiger partial charge is 0.463 e. The van der Waals surface area contributed by atoms with Crippen molar-refractivity contribution in [2.45, 2.75) is 12.8 Å². The number of hydrogen-bond donors (Lipinski definition) is 0. The Morgan fingerprint density at radius 3 is 2.51 bits per heavy atom. The van der Waals surface area contributed by atoms with Crippen molar-refractivity contribution in [1.29, 1.82) is 0 Å². The Kier molecular flexibility index (Phi) is 6.80. The number of amides is 1. The Balaban J connectivity index is 1.45. The molecule has 1 aromatic carbocycles. The number of fused-ring (bicyclic) bond motifs is 1. The summed E-state index contributed by atoms with van der Waals surface area (Å²) in [6.07, 6.45) is 4.81. The summed E-state index contributed by atoms with van der Waals surface area (Å²) in [5.41, 5.74) is 2.92. The zero-order valence-electron chi connectivity index (χ0n) is 20.3. The van der Waals surface area contributed by atoms with Crippen molar-refractivity contribution in [3.05, 3.63) is 53.9 Å². The van der Waals surface area contributed by atoms with Crippen molar-refractivity contribution in [2.75, 3.05) is 67.7 Å². The first-order chi connectivity index (χ1) is 17.1. The highest BCUT2D eigenvalue weighted by atomic mass is 16.5. The van der Waals surface area contributed by atoms with E-state index in [-0.39, 0.29) is 11.9 Å². The van der Waals surface area contributed by atoms with Gasteiger partial charge in [0.1, 0.15) is 5.69 Å². The Hall–Kier alpha value is -3.66.